The number of carbonyl (C=O) groups is 1. The molecule has 3 fully saturated rings. The van der Waals surface area contributed by atoms with Crippen molar-refractivity contribution in [1.29, 1.82) is 0 Å². The van der Waals surface area contributed by atoms with Crippen LogP contribution < -0.4 is 4.74 Å². The monoisotopic (exact) mass is 345 g/mol. The van der Waals surface area contributed by atoms with Crippen molar-refractivity contribution in [3.8, 4) is 5.75 Å². The Hall–Kier alpha value is -1.59. The van der Waals surface area contributed by atoms with Crippen LogP contribution in [-0.4, -0.2) is 55.9 Å². The van der Waals surface area contributed by atoms with Crippen molar-refractivity contribution in [2.45, 2.75) is 43.8 Å². The van der Waals surface area contributed by atoms with E-state index < -0.39 is 0 Å². The minimum Gasteiger partial charge on any atom is -0.497 e. The van der Waals surface area contributed by atoms with Gasteiger partial charge < -0.3 is 19.1 Å². The van der Waals surface area contributed by atoms with E-state index in [0.29, 0.717) is 25.6 Å². The van der Waals surface area contributed by atoms with Gasteiger partial charge in [-0.15, -0.1) is 0 Å². The summed E-state index contributed by atoms with van der Waals surface area (Å²) in [5.74, 6) is 1.77. The Morgan fingerprint density at radius 1 is 1.24 bits per heavy atom. The fraction of sp³-hybridized carbons (Fsp3) is 0.650. The van der Waals surface area contributed by atoms with Crippen LogP contribution in [0.4, 0.5) is 0 Å². The fourth-order valence-electron chi connectivity index (χ4n) is 3.76. The highest BCUT2D eigenvalue weighted by molar-refractivity contribution is 5.80. The van der Waals surface area contributed by atoms with Crippen molar-refractivity contribution < 1.29 is 19.0 Å². The molecule has 0 aromatic heterocycles. The molecular formula is C20H27NO4. The molecule has 2 aliphatic heterocycles. The molecule has 1 amide bonds. The molecule has 0 unspecified atom stereocenters. The Morgan fingerprint density at radius 2 is 2.00 bits per heavy atom. The van der Waals surface area contributed by atoms with Crippen LogP contribution >= 0.6 is 0 Å². The third kappa shape index (κ3) is 3.98. The zero-order chi connectivity index (χ0) is 17.3. The smallest absolute Gasteiger partial charge is 0.227 e. The standard InChI is InChI=1S/C20H27NO4/c1-23-17-6-4-15(5-7-17)10-19(22)21-13-20(14-21)11-18(8-9-25-20)24-12-16-2-3-16/h4-7,16,18H,2-3,8-14H2,1H3/t18-/m0/s1. The van der Waals surface area contributed by atoms with Crippen LogP contribution in [0.1, 0.15) is 31.2 Å². The minimum absolute atomic E-state index is 0.165. The molecule has 5 nitrogen and oxygen atoms in total. The summed E-state index contributed by atoms with van der Waals surface area (Å²) in [5, 5.41) is 0. The summed E-state index contributed by atoms with van der Waals surface area (Å²) in [6.07, 6.45) is 5.28. The van der Waals surface area contributed by atoms with Crippen LogP contribution in [-0.2, 0) is 20.7 Å². The van der Waals surface area contributed by atoms with E-state index in [-0.39, 0.29) is 11.5 Å². The van der Waals surface area contributed by atoms with Gasteiger partial charge in [0.05, 0.1) is 32.7 Å². The van der Waals surface area contributed by atoms with Crippen molar-refractivity contribution in [2.24, 2.45) is 5.92 Å². The maximum absolute atomic E-state index is 12.5. The predicted octanol–water partition coefficient (Wildman–Crippen LogP) is 2.42. The van der Waals surface area contributed by atoms with E-state index in [1.165, 1.54) is 12.8 Å². The molecule has 1 aliphatic carbocycles. The van der Waals surface area contributed by atoms with Crippen LogP contribution in [0.5, 0.6) is 5.75 Å². The molecule has 1 atom stereocenters. The van der Waals surface area contributed by atoms with Gasteiger partial charge in [0.25, 0.3) is 0 Å². The lowest BCUT2D eigenvalue weighted by Crippen LogP contribution is -2.67. The van der Waals surface area contributed by atoms with Gasteiger partial charge in [-0.05, 0) is 42.9 Å². The number of likely N-dealkylation sites (tertiary alicyclic amines) is 1. The molecule has 136 valence electrons. The molecule has 2 heterocycles. The van der Waals surface area contributed by atoms with E-state index in [0.717, 1.165) is 43.3 Å². The van der Waals surface area contributed by atoms with E-state index in [1.807, 2.05) is 29.2 Å². The SMILES string of the molecule is COc1ccc(CC(=O)N2CC3(C[C@@H](OCC4CC4)CCO3)C2)cc1. The van der Waals surface area contributed by atoms with Crippen LogP contribution in [0, 0.1) is 5.92 Å². The Bertz CT molecular complexity index is 605. The van der Waals surface area contributed by atoms with Crippen LogP contribution in [0.15, 0.2) is 24.3 Å². The van der Waals surface area contributed by atoms with Crippen molar-refractivity contribution >= 4 is 5.91 Å². The third-order valence-corrected chi connectivity index (χ3v) is 5.54. The molecule has 25 heavy (non-hydrogen) atoms. The van der Waals surface area contributed by atoms with Crippen LogP contribution in [0.25, 0.3) is 0 Å². The number of amides is 1. The minimum atomic E-state index is -0.165. The van der Waals surface area contributed by atoms with E-state index in [9.17, 15) is 4.79 Å². The Morgan fingerprint density at radius 3 is 2.68 bits per heavy atom. The van der Waals surface area contributed by atoms with E-state index in [4.69, 9.17) is 14.2 Å². The van der Waals surface area contributed by atoms with Crippen molar-refractivity contribution in [3.63, 3.8) is 0 Å². The molecule has 2 saturated heterocycles. The molecule has 1 aromatic carbocycles. The fourth-order valence-corrected chi connectivity index (χ4v) is 3.76. The number of hydrogen-bond acceptors (Lipinski definition) is 4. The van der Waals surface area contributed by atoms with Crippen LogP contribution in [0.2, 0.25) is 0 Å². The summed E-state index contributed by atoms with van der Waals surface area (Å²) >= 11 is 0. The predicted molar refractivity (Wildman–Crippen MR) is 93.7 cm³/mol. The average Bonchev–Trinajstić information content (AvgIpc) is 3.43. The molecule has 4 rings (SSSR count). The molecule has 0 N–H and O–H groups in total. The first kappa shape index (κ1) is 16.9. The largest absolute Gasteiger partial charge is 0.497 e. The molecule has 1 spiro atoms. The first-order valence-corrected chi connectivity index (χ1v) is 9.32. The number of nitrogens with zero attached hydrogens (tertiary/aromatic N) is 1. The molecule has 0 bridgehead atoms. The summed E-state index contributed by atoms with van der Waals surface area (Å²) in [6.45, 7) is 3.05. The highest BCUT2D eigenvalue weighted by atomic mass is 16.5. The summed E-state index contributed by atoms with van der Waals surface area (Å²) in [6, 6.07) is 7.69. The van der Waals surface area contributed by atoms with Gasteiger partial charge in [-0.2, -0.15) is 0 Å². The Labute approximate surface area is 149 Å². The molecule has 0 radical (unpaired) electrons. The van der Waals surface area contributed by atoms with E-state index >= 15 is 0 Å². The van der Waals surface area contributed by atoms with Crippen molar-refractivity contribution in [1.82, 2.24) is 4.90 Å². The normalized spacial score (nSPS) is 24.8. The second-order valence-corrected chi connectivity index (χ2v) is 7.70. The lowest BCUT2D eigenvalue weighted by Gasteiger charge is -2.53. The second-order valence-electron chi connectivity index (χ2n) is 7.70. The van der Waals surface area contributed by atoms with Gasteiger partial charge in [-0.25, -0.2) is 0 Å². The summed E-state index contributed by atoms with van der Waals surface area (Å²) in [5.41, 5.74) is 0.851. The van der Waals surface area contributed by atoms with Crippen LogP contribution in [0.3, 0.4) is 0 Å². The Kier molecular flexibility index (Phi) is 4.69. The number of carbonyl (C=O) groups excluding carboxylic acids is 1. The zero-order valence-corrected chi connectivity index (χ0v) is 14.9. The average molecular weight is 345 g/mol. The summed E-state index contributed by atoms with van der Waals surface area (Å²) in [7, 11) is 1.64. The van der Waals surface area contributed by atoms with Gasteiger partial charge in [0.2, 0.25) is 5.91 Å². The van der Waals surface area contributed by atoms with Gasteiger partial charge in [-0.3, -0.25) is 4.79 Å². The third-order valence-electron chi connectivity index (χ3n) is 5.54. The van der Waals surface area contributed by atoms with Crippen molar-refractivity contribution in [2.75, 3.05) is 33.4 Å². The molecule has 3 aliphatic rings. The number of benzene rings is 1. The number of ether oxygens (including phenoxy) is 3. The summed E-state index contributed by atoms with van der Waals surface area (Å²) in [4.78, 5) is 14.4. The quantitative estimate of drug-likeness (QED) is 0.794. The van der Waals surface area contributed by atoms with Gasteiger partial charge in [-0.1, -0.05) is 12.1 Å². The maximum Gasteiger partial charge on any atom is 0.227 e. The lowest BCUT2D eigenvalue weighted by atomic mass is 9.84. The molecule has 1 saturated carbocycles. The zero-order valence-electron chi connectivity index (χ0n) is 14.9. The van der Waals surface area contributed by atoms with E-state index in [2.05, 4.69) is 0 Å². The molecule has 1 aromatic rings. The highest BCUT2D eigenvalue weighted by Gasteiger charge is 2.49. The number of hydrogen-bond donors (Lipinski definition) is 0. The first-order valence-electron chi connectivity index (χ1n) is 9.32. The summed E-state index contributed by atoms with van der Waals surface area (Å²) < 4.78 is 17.2. The molecular weight excluding hydrogens is 318 g/mol. The Balaban J connectivity index is 1.25. The topological polar surface area (TPSA) is 48.0 Å². The van der Waals surface area contributed by atoms with Crippen molar-refractivity contribution in [3.05, 3.63) is 29.8 Å². The second kappa shape index (κ2) is 6.96. The molecule has 5 heteroatoms. The first-order chi connectivity index (χ1) is 12.2. The van der Waals surface area contributed by atoms with Gasteiger partial charge in [0.15, 0.2) is 0 Å². The highest BCUT2D eigenvalue weighted by Crippen LogP contribution is 2.37. The number of rotatable bonds is 6. The lowest BCUT2D eigenvalue weighted by molar-refractivity contribution is -0.201. The maximum atomic E-state index is 12.5. The van der Waals surface area contributed by atoms with Gasteiger partial charge >= 0.3 is 0 Å². The van der Waals surface area contributed by atoms with Gasteiger partial charge in [0.1, 0.15) is 11.4 Å². The van der Waals surface area contributed by atoms with Gasteiger partial charge in [0, 0.05) is 19.6 Å². The van der Waals surface area contributed by atoms with E-state index in [1.54, 1.807) is 7.11 Å². The number of methoxy groups -OCH3 is 1.